The zero-order chi connectivity index (χ0) is 11.9. The molecule has 0 N–H and O–H groups in total. The van der Waals surface area contributed by atoms with Crippen LogP contribution in [0.5, 0.6) is 11.8 Å². The number of aromatic nitrogens is 2. The van der Waals surface area contributed by atoms with Crippen molar-refractivity contribution in [3.63, 3.8) is 0 Å². The van der Waals surface area contributed by atoms with E-state index >= 15 is 0 Å². The molecule has 1 aromatic heterocycles. The van der Waals surface area contributed by atoms with E-state index in [4.69, 9.17) is 9.47 Å². The second kappa shape index (κ2) is 5.84. The topological polar surface area (TPSA) is 44.2 Å². The summed E-state index contributed by atoms with van der Waals surface area (Å²) in [5.74, 6) is 0.698. The van der Waals surface area contributed by atoms with E-state index in [1.54, 1.807) is 18.3 Å². The second-order valence-electron chi connectivity index (χ2n) is 3.28. The molecule has 0 saturated heterocycles. The van der Waals surface area contributed by atoms with Crippen LogP contribution in [0.3, 0.4) is 0 Å². The molecule has 0 aliphatic carbocycles. The summed E-state index contributed by atoms with van der Waals surface area (Å²) in [6.07, 6.45) is 1.66. The molecule has 4 heteroatoms. The maximum absolute atomic E-state index is 5.52. The van der Waals surface area contributed by atoms with Crippen molar-refractivity contribution >= 4 is 0 Å². The fourth-order valence-corrected chi connectivity index (χ4v) is 1.27. The van der Waals surface area contributed by atoms with E-state index < -0.39 is 0 Å². The van der Waals surface area contributed by atoms with Gasteiger partial charge in [-0.15, -0.1) is 0 Å². The molecule has 0 atom stereocenters. The van der Waals surface area contributed by atoms with Gasteiger partial charge in [-0.1, -0.05) is 18.2 Å². The Bertz CT molecular complexity index is 460. The molecule has 17 heavy (non-hydrogen) atoms. The minimum Gasteiger partial charge on any atom is -0.487 e. The van der Waals surface area contributed by atoms with Crippen LogP contribution >= 0.6 is 0 Å². The molecule has 0 aliphatic rings. The third kappa shape index (κ3) is 3.45. The van der Waals surface area contributed by atoms with E-state index in [9.17, 15) is 0 Å². The fraction of sp³-hybridized carbons (Fsp3) is 0.231. The molecule has 4 nitrogen and oxygen atoms in total. The summed E-state index contributed by atoms with van der Waals surface area (Å²) in [5.41, 5.74) is 0.778. The van der Waals surface area contributed by atoms with Gasteiger partial charge in [0.25, 0.3) is 0 Å². The number of rotatable bonds is 5. The van der Waals surface area contributed by atoms with Gasteiger partial charge >= 0.3 is 6.01 Å². The van der Waals surface area contributed by atoms with Crippen molar-refractivity contribution in [2.45, 2.75) is 13.5 Å². The van der Waals surface area contributed by atoms with E-state index in [0.717, 1.165) is 5.69 Å². The van der Waals surface area contributed by atoms with Crippen molar-refractivity contribution in [1.29, 1.82) is 0 Å². The summed E-state index contributed by atoms with van der Waals surface area (Å²) in [5, 5.41) is 0. The lowest BCUT2D eigenvalue weighted by Crippen LogP contribution is -2.02. The SMILES string of the molecule is CCOc1nccc(COc2[c]cccc2)n1. The largest absolute Gasteiger partial charge is 0.487 e. The highest BCUT2D eigenvalue weighted by Crippen LogP contribution is 2.10. The quantitative estimate of drug-likeness (QED) is 0.788. The van der Waals surface area contributed by atoms with Crippen LogP contribution < -0.4 is 9.47 Å². The first kappa shape index (κ1) is 11.4. The molecule has 0 bridgehead atoms. The van der Waals surface area contributed by atoms with Crippen molar-refractivity contribution in [2.75, 3.05) is 6.61 Å². The fourth-order valence-electron chi connectivity index (χ4n) is 1.27. The van der Waals surface area contributed by atoms with Gasteiger partial charge in [-0.05, 0) is 19.1 Å². The summed E-state index contributed by atoms with van der Waals surface area (Å²) in [6, 6.07) is 12.6. The van der Waals surface area contributed by atoms with Crippen LogP contribution in [0.1, 0.15) is 12.6 Å². The second-order valence-corrected chi connectivity index (χ2v) is 3.28. The number of hydrogen-bond donors (Lipinski definition) is 0. The van der Waals surface area contributed by atoms with Gasteiger partial charge in [0.15, 0.2) is 0 Å². The van der Waals surface area contributed by atoms with Crippen LogP contribution in [0.15, 0.2) is 36.5 Å². The first-order valence-electron chi connectivity index (χ1n) is 5.42. The van der Waals surface area contributed by atoms with Gasteiger partial charge in [0, 0.05) is 12.3 Å². The molecule has 1 aromatic carbocycles. The van der Waals surface area contributed by atoms with Gasteiger partial charge in [0.05, 0.1) is 12.3 Å². The van der Waals surface area contributed by atoms with Crippen molar-refractivity contribution in [2.24, 2.45) is 0 Å². The maximum atomic E-state index is 5.52. The normalized spacial score (nSPS) is 9.94. The highest BCUT2D eigenvalue weighted by molar-refractivity contribution is 5.19. The predicted octanol–water partition coefficient (Wildman–Crippen LogP) is 2.25. The van der Waals surface area contributed by atoms with E-state index in [1.165, 1.54) is 0 Å². The van der Waals surface area contributed by atoms with E-state index in [0.29, 0.717) is 25.0 Å². The Morgan fingerprint density at radius 3 is 2.94 bits per heavy atom. The lowest BCUT2D eigenvalue weighted by Gasteiger charge is -2.06. The first-order chi connectivity index (χ1) is 8.38. The lowest BCUT2D eigenvalue weighted by atomic mass is 10.3. The number of hydrogen-bond acceptors (Lipinski definition) is 4. The third-order valence-corrected chi connectivity index (χ3v) is 2.02. The average Bonchev–Trinajstić information content (AvgIpc) is 2.39. The van der Waals surface area contributed by atoms with Crippen LogP contribution in [0.2, 0.25) is 0 Å². The Kier molecular flexibility index (Phi) is 3.91. The highest BCUT2D eigenvalue weighted by Gasteiger charge is 2.00. The summed E-state index contributed by atoms with van der Waals surface area (Å²) in [7, 11) is 0. The Balaban J connectivity index is 1.97. The van der Waals surface area contributed by atoms with E-state index in [2.05, 4.69) is 16.0 Å². The summed E-state index contributed by atoms with van der Waals surface area (Å²) in [4.78, 5) is 8.19. The average molecular weight is 229 g/mol. The smallest absolute Gasteiger partial charge is 0.316 e. The number of ether oxygens (including phenoxy) is 2. The van der Waals surface area contributed by atoms with Crippen molar-refractivity contribution in [3.05, 3.63) is 48.3 Å². The Morgan fingerprint density at radius 1 is 1.24 bits per heavy atom. The van der Waals surface area contributed by atoms with Gasteiger partial charge in [-0.25, -0.2) is 4.98 Å². The number of benzene rings is 1. The molecule has 1 radical (unpaired) electrons. The molecule has 0 amide bonds. The van der Waals surface area contributed by atoms with Crippen LogP contribution in [0.25, 0.3) is 0 Å². The van der Waals surface area contributed by atoms with Crippen molar-refractivity contribution in [1.82, 2.24) is 9.97 Å². The molecule has 2 rings (SSSR count). The molecule has 2 aromatic rings. The molecule has 87 valence electrons. The lowest BCUT2D eigenvalue weighted by molar-refractivity contribution is 0.286. The molecule has 0 spiro atoms. The van der Waals surface area contributed by atoms with E-state index in [1.807, 2.05) is 25.1 Å². The summed E-state index contributed by atoms with van der Waals surface area (Å²) < 4.78 is 10.7. The standard InChI is InChI=1S/C13H13N2O2/c1-2-16-13-14-9-8-11(15-13)10-17-12-6-4-3-5-7-12/h3-6,8-9H,2,10H2,1H3. The Labute approximate surface area is 100 Å². The first-order valence-corrected chi connectivity index (χ1v) is 5.42. The summed E-state index contributed by atoms with van der Waals surface area (Å²) >= 11 is 0. The minimum absolute atomic E-state index is 0.378. The molecule has 0 aliphatic heterocycles. The number of nitrogens with zero attached hydrogens (tertiary/aromatic N) is 2. The minimum atomic E-state index is 0.378. The van der Waals surface area contributed by atoms with Crippen LogP contribution in [-0.4, -0.2) is 16.6 Å². The van der Waals surface area contributed by atoms with E-state index in [-0.39, 0.29) is 0 Å². The van der Waals surface area contributed by atoms with Crippen LogP contribution in [-0.2, 0) is 6.61 Å². The zero-order valence-electron chi connectivity index (χ0n) is 9.59. The van der Waals surface area contributed by atoms with Gasteiger partial charge in [-0.2, -0.15) is 4.98 Å². The monoisotopic (exact) mass is 229 g/mol. The zero-order valence-corrected chi connectivity index (χ0v) is 9.59. The third-order valence-electron chi connectivity index (χ3n) is 2.02. The van der Waals surface area contributed by atoms with Crippen LogP contribution in [0.4, 0.5) is 0 Å². The van der Waals surface area contributed by atoms with Crippen LogP contribution in [0, 0.1) is 6.07 Å². The maximum Gasteiger partial charge on any atom is 0.316 e. The van der Waals surface area contributed by atoms with Gasteiger partial charge < -0.3 is 9.47 Å². The molecule has 1 heterocycles. The van der Waals surface area contributed by atoms with Crippen molar-refractivity contribution in [3.8, 4) is 11.8 Å². The van der Waals surface area contributed by atoms with Crippen molar-refractivity contribution < 1.29 is 9.47 Å². The molecular formula is C13H13N2O2. The number of para-hydroxylation sites is 1. The van der Waals surface area contributed by atoms with Gasteiger partial charge in [0.1, 0.15) is 12.4 Å². The molecular weight excluding hydrogens is 216 g/mol. The molecule has 0 unspecified atom stereocenters. The highest BCUT2D eigenvalue weighted by atomic mass is 16.5. The molecule has 0 saturated carbocycles. The Hall–Kier alpha value is -2.10. The van der Waals surface area contributed by atoms with Gasteiger partial charge in [0.2, 0.25) is 0 Å². The predicted molar refractivity (Wildman–Crippen MR) is 62.8 cm³/mol. The Morgan fingerprint density at radius 2 is 2.18 bits per heavy atom. The molecule has 0 fully saturated rings. The van der Waals surface area contributed by atoms with Gasteiger partial charge in [-0.3, -0.25) is 0 Å². The summed E-state index contributed by atoms with van der Waals surface area (Å²) in [6.45, 7) is 2.82.